The van der Waals surface area contributed by atoms with Gasteiger partial charge in [0, 0.05) is 44.6 Å². The molecule has 27 heavy (non-hydrogen) atoms. The highest BCUT2D eigenvalue weighted by atomic mass is 32.2. The van der Waals surface area contributed by atoms with Gasteiger partial charge in [-0.05, 0) is 54.6 Å². The molecule has 0 radical (unpaired) electrons. The van der Waals surface area contributed by atoms with Gasteiger partial charge in [0.05, 0.1) is 6.26 Å². The van der Waals surface area contributed by atoms with E-state index in [2.05, 4.69) is 9.88 Å². The van der Waals surface area contributed by atoms with E-state index in [1.54, 1.807) is 25.5 Å². The number of aromatic nitrogens is 1. The Kier molecular flexibility index (Phi) is 6.24. The van der Waals surface area contributed by atoms with Gasteiger partial charge in [0.25, 0.3) is 0 Å². The smallest absolute Gasteiger partial charge is 0.210 e. The van der Waals surface area contributed by atoms with E-state index in [0.29, 0.717) is 18.7 Å². The summed E-state index contributed by atoms with van der Waals surface area (Å²) in [6.07, 6.45) is 6.62. The molecular formula is C20H26FN3O2S. The van der Waals surface area contributed by atoms with Crippen molar-refractivity contribution in [3.63, 3.8) is 0 Å². The van der Waals surface area contributed by atoms with Crippen molar-refractivity contribution in [3.05, 3.63) is 54.1 Å². The standard InChI is InChI=1S/C20H26FN3O2S/c1-23(27(2,25)26)13-16-4-3-11-24(14-16)15-19-6-5-18(12-20(19)21)17-7-9-22-10-8-17/h5-10,12,16H,3-4,11,13-15H2,1-2H3. The van der Waals surface area contributed by atoms with Gasteiger partial charge in [-0.2, -0.15) is 0 Å². The lowest BCUT2D eigenvalue weighted by atomic mass is 9.97. The van der Waals surface area contributed by atoms with Gasteiger partial charge in [-0.1, -0.05) is 12.1 Å². The van der Waals surface area contributed by atoms with Crippen LogP contribution in [0.3, 0.4) is 0 Å². The third-order valence-electron chi connectivity index (χ3n) is 5.15. The van der Waals surface area contributed by atoms with E-state index in [1.807, 2.05) is 24.3 Å². The zero-order valence-electron chi connectivity index (χ0n) is 15.8. The predicted octanol–water partition coefficient (Wildman–Crippen LogP) is 2.99. The molecule has 1 unspecified atom stereocenters. The first-order valence-corrected chi connectivity index (χ1v) is 11.0. The van der Waals surface area contributed by atoms with Crippen molar-refractivity contribution in [1.82, 2.24) is 14.2 Å². The summed E-state index contributed by atoms with van der Waals surface area (Å²) in [6, 6.07) is 9.08. The number of likely N-dealkylation sites (tertiary alicyclic amines) is 1. The van der Waals surface area contributed by atoms with Crippen LogP contribution in [0.15, 0.2) is 42.7 Å². The molecule has 1 saturated heterocycles. The Balaban J connectivity index is 1.64. The second kappa shape index (κ2) is 8.46. The molecule has 1 atom stereocenters. The maximum absolute atomic E-state index is 14.6. The largest absolute Gasteiger partial charge is 0.299 e. The molecule has 0 saturated carbocycles. The summed E-state index contributed by atoms with van der Waals surface area (Å²) >= 11 is 0. The minimum atomic E-state index is -3.17. The van der Waals surface area contributed by atoms with Crippen LogP contribution < -0.4 is 0 Å². The number of rotatable bonds is 6. The highest BCUT2D eigenvalue weighted by Gasteiger charge is 2.24. The lowest BCUT2D eigenvalue weighted by molar-refractivity contribution is 0.154. The van der Waals surface area contributed by atoms with Gasteiger partial charge in [0.1, 0.15) is 5.82 Å². The quantitative estimate of drug-likeness (QED) is 0.760. The molecule has 1 aromatic carbocycles. The van der Waals surface area contributed by atoms with Crippen molar-refractivity contribution in [3.8, 4) is 11.1 Å². The van der Waals surface area contributed by atoms with E-state index in [-0.39, 0.29) is 11.7 Å². The van der Waals surface area contributed by atoms with Crippen LogP contribution in [0.1, 0.15) is 18.4 Å². The summed E-state index contributed by atoms with van der Waals surface area (Å²) in [5, 5.41) is 0. The van der Waals surface area contributed by atoms with E-state index in [4.69, 9.17) is 0 Å². The highest BCUT2D eigenvalue weighted by Crippen LogP contribution is 2.24. The fourth-order valence-electron chi connectivity index (χ4n) is 3.58. The third-order valence-corrected chi connectivity index (χ3v) is 6.43. The number of sulfonamides is 1. The van der Waals surface area contributed by atoms with Crippen LogP contribution >= 0.6 is 0 Å². The fraction of sp³-hybridized carbons (Fsp3) is 0.450. The van der Waals surface area contributed by atoms with Crippen LogP contribution in [-0.2, 0) is 16.6 Å². The molecule has 5 nitrogen and oxygen atoms in total. The van der Waals surface area contributed by atoms with Crippen molar-refractivity contribution >= 4 is 10.0 Å². The number of hydrogen-bond acceptors (Lipinski definition) is 4. The van der Waals surface area contributed by atoms with E-state index >= 15 is 0 Å². The molecule has 1 aromatic heterocycles. The van der Waals surface area contributed by atoms with E-state index in [9.17, 15) is 12.8 Å². The van der Waals surface area contributed by atoms with E-state index in [0.717, 1.165) is 37.1 Å². The maximum Gasteiger partial charge on any atom is 0.210 e. The first-order valence-electron chi connectivity index (χ1n) is 9.15. The first kappa shape index (κ1) is 19.9. The molecule has 0 N–H and O–H groups in total. The molecule has 2 heterocycles. The Hall–Kier alpha value is -1.83. The Morgan fingerprint density at radius 1 is 1.22 bits per heavy atom. The highest BCUT2D eigenvalue weighted by molar-refractivity contribution is 7.88. The van der Waals surface area contributed by atoms with E-state index in [1.165, 1.54) is 10.6 Å². The molecule has 0 bridgehead atoms. The van der Waals surface area contributed by atoms with Crippen molar-refractivity contribution in [2.24, 2.45) is 5.92 Å². The average molecular weight is 392 g/mol. The van der Waals surface area contributed by atoms with Gasteiger partial charge in [0.2, 0.25) is 10.0 Å². The molecule has 1 aliphatic heterocycles. The number of benzene rings is 1. The SMILES string of the molecule is CN(CC1CCCN(Cc2ccc(-c3ccncc3)cc2F)C1)S(C)(=O)=O. The summed E-state index contributed by atoms with van der Waals surface area (Å²) in [4.78, 5) is 6.21. The van der Waals surface area contributed by atoms with Crippen LogP contribution in [0.2, 0.25) is 0 Å². The maximum atomic E-state index is 14.6. The average Bonchev–Trinajstić information content (AvgIpc) is 2.64. The normalized spacial score (nSPS) is 18.7. The minimum absolute atomic E-state index is 0.209. The number of piperidine rings is 1. The van der Waals surface area contributed by atoms with E-state index < -0.39 is 10.0 Å². The molecule has 0 spiro atoms. The molecule has 7 heteroatoms. The predicted molar refractivity (Wildman–Crippen MR) is 105 cm³/mol. The zero-order valence-corrected chi connectivity index (χ0v) is 16.6. The lowest BCUT2D eigenvalue weighted by Gasteiger charge is -2.34. The fourth-order valence-corrected chi connectivity index (χ4v) is 4.06. The number of pyridine rings is 1. The Bertz CT molecular complexity index is 874. The molecule has 2 aromatic rings. The Morgan fingerprint density at radius 3 is 2.63 bits per heavy atom. The van der Waals surface area contributed by atoms with Crippen molar-refractivity contribution < 1.29 is 12.8 Å². The van der Waals surface area contributed by atoms with Crippen LogP contribution in [-0.4, -0.2) is 55.5 Å². The molecule has 1 fully saturated rings. The topological polar surface area (TPSA) is 53.5 Å². The number of nitrogens with zero attached hydrogens (tertiary/aromatic N) is 3. The zero-order chi connectivity index (χ0) is 19.4. The van der Waals surface area contributed by atoms with Crippen molar-refractivity contribution in [2.75, 3.05) is 32.9 Å². The van der Waals surface area contributed by atoms with Crippen molar-refractivity contribution in [2.45, 2.75) is 19.4 Å². The third kappa shape index (κ3) is 5.34. The first-order chi connectivity index (χ1) is 12.8. The monoisotopic (exact) mass is 391 g/mol. The molecular weight excluding hydrogens is 365 g/mol. The molecule has 3 rings (SSSR count). The van der Waals surface area contributed by atoms with Gasteiger partial charge in [-0.25, -0.2) is 17.1 Å². The number of hydrogen-bond donors (Lipinski definition) is 0. The molecule has 0 amide bonds. The van der Waals surface area contributed by atoms with Gasteiger partial charge in [-0.15, -0.1) is 0 Å². The minimum Gasteiger partial charge on any atom is -0.299 e. The summed E-state index contributed by atoms with van der Waals surface area (Å²) in [6.45, 7) is 2.75. The summed E-state index contributed by atoms with van der Waals surface area (Å²) in [7, 11) is -1.55. The Morgan fingerprint density at radius 2 is 1.96 bits per heavy atom. The number of halogens is 1. The summed E-state index contributed by atoms with van der Waals surface area (Å²) < 4.78 is 39.3. The molecule has 1 aliphatic rings. The lowest BCUT2D eigenvalue weighted by Crippen LogP contribution is -2.41. The summed E-state index contributed by atoms with van der Waals surface area (Å²) in [5.74, 6) is 0.0670. The van der Waals surface area contributed by atoms with Crippen LogP contribution in [0.4, 0.5) is 4.39 Å². The van der Waals surface area contributed by atoms with Gasteiger partial charge < -0.3 is 0 Å². The summed E-state index contributed by atoms with van der Waals surface area (Å²) in [5.41, 5.74) is 2.45. The van der Waals surface area contributed by atoms with Gasteiger partial charge >= 0.3 is 0 Å². The van der Waals surface area contributed by atoms with Gasteiger partial charge in [0.15, 0.2) is 0 Å². The van der Waals surface area contributed by atoms with Crippen molar-refractivity contribution in [1.29, 1.82) is 0 Å². The van der Waals surface area contributed by atoms with Crippen LogP contribution in [0.25, 0.3) is 11.1 Å². The van der Waals surface area contributed by atoms with Crippen LogP contribution in [0.5, 0.6) is 0 Å². The van der Waals surface area contributed by atoms with Gasteiger partial charge in [-0.3, -0.25) is 9.88 Å². The molecule has 146 valence electrons. The second-order valence-electron chi connectivity index (χ2n) is 7.33. The second-order valence-corrected chi connectivity index (χ2v) is 9.42. The van der Waals surface area contributed by atoms with Crippen LogP contribution in [0, 0.1) is 11.7 Å². The molecule has 0 aliphatic carbocycles. The Labute approximate surface area is 160 Å².